The number of alkyl halides is 4. The maximum Gasteiger partial charge on any atom is 0.417 e. The van der Waals surface area contributed by atoms with Crippen LogP contribution in [0.15, 0.2) is 47.0 Å². The molecule has 0 radical (unpaired) electrons. The molecule has 1 aliphatic rings. The SMILES string of the molecule is NCc1cnc(-c2ccc(-c3ccc(C(=O)N4CC(F)C4)cc3F)cc2C(F)(F)F)o1. The number of hydrogen-bond acceptors (Lipinski definition) is 4. The Labute approximate surface area is 173 Å². The maximum atomic E-state index is 14.7. The first-order valence-corrected chi connectivity index (χ1v) is 9.27. The molecule has 0 saturated carbocycles. The van der Waals surface area contributed by atoms with Crippen LogP contribution in [0.4, 0.5) is 22.0 Å². The number of benzene rings is 2. The maximum absolute atomic E-state index is 14.7. The summed E-state index contributed by atoms with van der Waals surface area (Å²) < 4.78 is 73.9. The number of rotatable bonds is 4. The summed E-state index contributed by atoms with van der Waals surface area (Å²) in [4.78, 5) is 17.3. The van der Waals surface area contributed by atoms with Crippen molar-refractivity contribution in [1.29, 1.82) is 0 Å². The normalized spacial score (nSPS) is 14.6. The molecule has 162 valence electrons. The predicted octanol–water partition coefficient (Wildman–Crippen LogP) is 4.42. The molecule has 1 amide bonds. The van der Waals surface area contributed by atoms with Crippen molar-refractivity contribution in [2.75, 3.05) is 13.1 Å². The standard InChI is InChI=1S/C21H16F5N3O2/c22-13-9-29(10-13)20(30)12-2-3-15(18(23)6-12)11-1-4-16(17(5-11)21(24,25)26)19-28-8-14(7-27)31-19/h1-6,8,13H,7,9-10,27H2. The highest BCUT2D eigenvalue weighted by Gasteiger charge is 2.36. The lowest BCUT2D eigenvalue weighted by molar-refractivity contribution is -0.137. The second-order valence-corrected chi connectivity index (χ2v) is 7.10. The quantitative estimate of drug-likeness (QED) is 0.614. The minimum atomic E-state index is -4.75. The third kappa shape index (κ3) is 4.02. The Morgan fingerprint density at radius 2 is 1.87 bits per heavy atom. The Morgan fingerprint density at radius 1 is 1.16 bits per heavy atom. The van der Waals surface area contributed by atoms with Crippen LogP contribution in [-0.2, 0) is 12.7 Å². The van der Waals surface area contributed by atoms with Gasteiger partial charge in [0.15, 0.2) is 0 Å². The average molecular weight is 437 g/mol. The van der Waals surface area contributed by atoms with E-state index in [1.807, 2.05) is 0 Å². The molecule has 0 unspecified atom stereocenters. The summed E-state index contributed by atoms with van der Waals surface area (Å²) in [6.07, 6.45) is -4.62. The van der Waals surface area contributed by atoms with Gasteiger partial charge in [0.1, 0.15) is 17.7 Å². The minimum Gasteiger partial charge on any atom is -0.440 e. The largest absolute Gasteiger partial charge is 0.440 e. The lowest BCUT2D eigenvalue weighted by Gasteiger charge is -2.34. The Balaban J connectivity index is 1.70. The van der Waals surface area contributed by atoms with Crippen LogP contribution in [0.5, 0.6) is 0 Å². The number of amides is 1. The molecule has 1 saturated heterocycles. The van der Waals surface area contributed by atoms with Gasteiger partial charge in [-0.25, -0.2) is 13.8 Å². The summed E-state index contributed by atoms with van der Waals surface area (Å²) in [6, 6.07) is 6.71. The average Bonchev–Trinajstić information content (AvgIpc) is 3.19. The summed E-state index contributed by atoms with van der Waals surface area (Å²) in [6.45, 7) is -0.150. The van der Waals surface area contributed by atoms with Crippen LogP contribution in [0.3, 0.4) is 0 Å². The number of carbonyl (C=O) groups excluding carboxylic acids is 1. The van der Waals surface area contributed by atoms with Gasteiger partial charge in [-0.15, -0.1) is 0 Å². The molecular formula is C21H16F5N3O2. The molecule has 10 heteroatoms. The van der Waals surface area contributed by atoms with Crippen molar-refractivity contribution in [3.8, 4) is 22.6 Å². The molecule has 2 heterocycles. The summed E-state index contributed by atoms with van der Waals surface area (Å²) in [5, 5.41) is 0. The van der Waals surface area contributed by atoms with Crippen molar-refractivity contribution in [1.82, 2.24) is 9.88 Å². The van der Waals surface area contributed by atoms with E-state index in [0.29, 0.717) is 0 Å². The highest BCUT2D eigenvalue weighted by Crippen LogP contribution is 2.39. The highest BCUT2D eigenvalue weighted by atomic mass is 19.4. The second-order valence-electron chi connectivity index (χ2n) is 7.10. The van der Waals surface area contributed by atoms with Crippen LogP contribution in [-0.4, -0.2) is 35.1 Å². The zero-order valence-corrected chi connectivity index (χ0v) is 15.9. The molecule has 5 nitrogen and oxygen atoms in total. The molecule has 1 aliphatic heterocycles. The van der Waals surface area contributed by atoms with Gasteiger partial charge < -0.3 is 15.1 Å². The van der Waals surface area contributed by atoms with Crippen molar-refractivity contribution in [3.05, 3.63) is 65.3 Å². The Bertz CT molecular complexity index is 1140. The monoisotopic (exact) mass is 437 g/mol. The molecule has 1 fully saturated rings. The van der Waals surface area contributed by atoms with Gasteiger partial charge in [0, 0.05) is 16.7 Å². The van der Waals surface area contributed by atoms with Crippen molar-refractivity contribution in [3.63, 3.8) is 0 Å². The number of nitrogens with two attached hydrogens (primary N) is 1. The number of carbonyl (C=O) groups is 1. The highest BCUT2D eigenvalue weighted by molar-refractivity contribution is 5.95. The van der Waals surface area contributed by atoms with Crippen molar-refractivity contribution in [2.45, 2.75) is 18.9 Å². The molecule has 4 rings (SSSR count). The number of nitrogens with zero attached hydrogens (tertiary/aromatic N) is 2. The predicted molar refractivity (Wildman–Crippen MR) is 101 cm³/mol. The Hall–Kier alpha value is -3.27. The smallest absolute Gasteiger partial charge is 0.417 e. The Kier molecular flexibility index (Phi) is 5.26. The van der Waals surface area contributed by atoms with Crippen molar-refractivity contribution >= 4 is 5.91 Å². The molecule has 0 aliphatic carbocycles. The number of likely N-dealkylation sites (tertiary alicyclic amines) is 1. The molecule has 0 atom stereocenters. The molecule has 0 bridgehead atoms. The van der Waals surface area contributed by atoms with E-state index in [-0.39, 0.29) is 53.5 Å². The molecule has 31 heavy (non-hydrogen) atoms. The summed E-state index contributed by atoms with van der Waals surface area (Å²) >= 11 is 0. The van der Waals surface area contributed by atoms with Gasteiger partial charge in [-0.2, -0.15) is 13.2 Å². The van der Waals surface area contributed by atoms with E-state index in [4.69, 9.17) is 10.2 Å². The van der Waals surface area contributed by atoms with Crippen LogP contribution < -0.4 is 5.73 Å². The van der Waals surface area contributed by atoms with Gasteiger partial charge in [-0.3, -0.25) is 4.79 Å². The van der Waals surface area contributed by atoms with Crippen LogP contribution in [0.1, 0.15) is 21.7 Å². The number of hydrogen-bond donors (Lipinski definition) is 1. The molecule has 3 aromatic rings. The lowest BCUT2D eigenvalue weighted by Crippen LogP contribution is -2.51. The molecule has 0 spiro atoms. The van der Waals surface area contributed by atoms with E-state index in [9.17, 15) is 26.7 Å². The van der Waals surface area contributed by atoms with E-state index >= 15 is 0 Å². The second kappa shape index (κ2) is 7.77. The van der Waals surface area contributed by atoms with Crippen molar-refractivity contribution < 1.29 is 31.2 Å². The van der Waals surface area contributed by atoms with Crippen molar-refractivity contribution in [2.24, 2.45) is 5.73 Å². The van der Waals surface area contributed by atoms with E-state index in [0.717, 1.165) is 18.2 Å². The molecule has 2 N–H and O–H groups in total. The van der Waals surface area contributed by atoms with E-state index in [1.165, 1.54) is 29.3 Å². The van der Waals surface area contributed by atoms with Gasteiger partial charge in [0.2, 0.25) is 5.89 Å². The fourth-order valence-electron chi connectivity index (χ4n) is 3.31. The zero-order valence-electron chi connectivity index (χ0n) is 15.9. The summed E-state index contributed by atoms with van der Waals surface area (Å²) in [5.41, 5.74) is 3.90. The number of oxazole rings is 1. The molecular weight excluding hydrogens is 421 g/mol. The Morgan fingerprint density at radius 3 is 2.45 bits per heavy atom. The molecule has 1 aromatic heterocycles. The first-order valence-electron chi connectivity index (χ1n) is 9.27. The van der Waals surface area contributed by atoms with Gasteiger partial charge in [0.25, 0.3) is 5.91 Å². The van der Waals surface area contributed by atoms with Gasteiger partial charge in [0.05, 0.1) is 31.4 Å². The minimum absolute atomic E-state index is 0.00471. The molecule has 2 aromatic carbocycles. The number of aromatic nitrogens is 1. The van der Waals surface area contributed by atoms with Gasteiger partial charge in [-0.1, -0.05) is 12.1 Å². The summed E-state index contributed by atoms with van der Waals surface area (Å²) in [7, 11) is 0. The first kappa shape index (κ1) is 21.0. The van der Waals surface area contributed by atoms with E-state index < -0.39 is 29.6 Å². The van der Waals surface area contributed by atoms with E-state index in [1.54, 1.807) is 0 Å². The fourth-order valence-corrected chi connectivity index (χ4v) is 3.31. The summed E-state index contributed by atoms with van der Waals surface area (Å²) in [5.74, 6) is -1.43. The van der Waals surface area contributed by atoms with Crippen LogP contribution in [0, 0.1) is 5.82 Å². The van der Waals surface area contributed by atoms with E-state index in [2.05, 4.69) is 4.98 Å². The fraction of sp³-hybridized carbons (Fsp3) is 0.238. The van der Waals surface area contributed by atoms with Gasteiger partial charge >= 0.3 is 6.18 Å². The van der Waals surface area contributed by atoms with Crippen LogP contribution >= 0.6 is 0 Å². The van der Waals surface area contributed by atoms with Crippen LogP contribution in [0.25, 0.3) is 22.6 Å². The van der Waals surface area contributed by atoms with Crippen LogP contribution in [0.2, 0.25) is 0 Å². The zero-order chi connectivity index (χ0) is 22.3. The third-order valence-electron chi connectivity index (χ3n) is 4.96. The third-order valence-corrected chi connectivity index (χ3v) is 4.96. The number of halogens is 5. The van der Waals surface area contributed by atoms with Gasteiger partial charge in [-0.05, 0) is 29.8 Å². The topological polar surface area (TPSA) is 72.4 Å². The first-order chi connectivity index (χ1) is 14.7. The lowest BCUT2D eigenvalue weighted by atomic mass is 9.97.